The van der Waals surface area contributed by atoms with Crippen molar-refractivity contribution in [3.05, 3.63) is 59.2 Å². The lowest BCUT2D eigenvalue weighted by atomic mass is 10.1. The molecule has 4 nitrogen and oxygen atoms in total. The summed E-state index contributed by atoms with van der Waals surface area (Å²) in [6, 6.07) is 14.2. The van der Waals surface area contributed by atoms with Crippen LogP contribution in [0.15, 0.2) is 47.6 Å². The quantitative estimate of drug-likeness (QED) is 0.560. The first kappa shape index (κ1) is 12.4. The minimum Gasteiger partial charge on any atom is -0.323 e. The van der Waals surface area contributed by atoms with Crippen LogP contribution >= 0.6 is 0 Å². The van der Waals surface area contributed by atoms with Crippen LogP contribution in [-0.4, -0.2) is 16.2 Å². The van der Waals surface area contributed by atoms with Crippen LogP contribution in [0, 0.1) is 13.8 Å². The molecule has 0 fully saturated rings. The van der Waals surface area contributed by atoms with Gasteiger partial charge >= 0.3 is 0 Å². The lowest BCUT2D eigenvalue weighted by Gasteiger charge is -2.01. The van der Waals surface area contributed by atoms with Crippen LogP contribution in [0.1, 0.15) is 16.7 Å². The van der Waals surface area contributed by atoms with Crippen LogP contribution in [0.2, 0.25) is 0 Å². The third-order valence-electron chi connectivity index (χ3n) is 3.20. The van der Waals surface area contributed by atoms with Crippen LogP contribution in [0.5, 0.6) is 0 Å². The molecule has 1 aromatic heterocycles. The number of nitrogens with zero attached hydrogens (tertiary/aromatic N) is 2. The Kier molecular flexibility index (Phi) is 3.21. The topological polar surface area (TPSA) is 53.1 Å². The molecule has 0 spiro atoms. The second-order valence-electron chi connectivity index (χ2n) is 4.83. The van der Waals surface area contributed by atoms with E-state index >= 15 is 0 Å². The highest BCUT2D eigenvalue weighted by molar-refractivity contribution is 5.82. The Labute approximate surface area is 117 Å². The number of aromatic nitrogens is 2. The number of imidazole rings is 1. The second kappa shape index (κ2) is 5.17. The van der Waals surface area contributed by atoms with Gasteiger partial charge in [0, 0.05) is 0 Å². The zero-order valence-electron chi connectivity index (χ0n) is 11.5. The van der Waals surface area contributed by atoms with Gasteiger partial charge in [-0.05, 0) is 37.1 Å². The highest BCUT2D eigenvalue weighted by atomic mass is 15.3. The first-order valence-corrected chi connectivity index (χ1v) is 6.53. The average Bonchev–Trinajstić information content (AvgIpc) is 2.85. The lowest BCUT2D eigenvalue weighted by molar-refractivity contribution is 1.21. The van der Waals surface area contributed by atoms with Crippen LogP contribution in [-0.2, 0) is 0 Å². The van der Waals surface area contributed by atoms with Gasteiger partial charge in [-0.1, -0.05) is 35.9 Å². The Hall–Kier alpha value is -2.62. The Balaban J connectivity index is 1.78. The van der Waals surface area contributed by atoms with Crippen molar-refractivity contribution in [3.63, 3.8) is 0 Å². The number of hydrogen-bond donors (Lipinski definition) is 2. The molecule has 2 N–H and O–H groups in total. The summed E-state index contributed by atoms with van der Waals surface area (Å²) >= 11 is 0. The first-order valence-electron chi connectivity index (χ1n) is 6.53. The number of aryl methyl sites for hydroxylation is 2. The van der Waals surface area contributed by atoms with Gasteiger partial charge < -0.3 is 4.98 Å². The van der Waals surface area contributed by atoms with Gasteiger partial charge in [0.15, 0.2) is 0 Å². The fraction of sp³-hybridized carbons (Fsp3) is 0.125. The smallest absolute Gasteiger partial charge is 0.222 e. The van der Waals surface area contributed by atoms with Crippen molar-refractivity contribution in [2.75, 3.05) is 5.43 Å². The maximum Gasteiger partial charge on any atom is 0.222 e. The van der Waals surface area contributed by atoms with E-state index in [1.54, 1.807) is 0 Å². The zero-order chi connectivity index (χ0) is 13.9. The molecule has 4 heteroatoms. The van der Waals surface area contributed by atoms with Crippen molar-refractivity contribution in [1.29, 1.82) is 0 Å². The maximum atomic E-state index is 4.40. The molecule has 0 radical (unpaired) electrons. The maximum absolute atomic E-state index is 4.40. The minimum atomic E-state index is 0.646. The van der Waals surface area contributed by atoms with Crippen molar-refractivity contribution in [2.45, 2.75) is 13.8 Å². The number of para-hydroxylation sites is 2. The standard InChI is InChI=1S/C16H16N4/c1-11-7-8-12(2)13(9-11)10-17-20-16-18-14-5-3-4-6-15(14)19-16/h3-10H,1-2H3,(H2,18,19,20). The summed E-state index contributed by atoms with van der Waals surface area (Å²) < 4.78 is 0. The van der Waals surface area contributed by atoms with Gasteiger partial charge in [-0.25, -0.2) is 10.4 Å². The number of H-pyrrole nitrogens is 1. The first-order chi connectivity index (χ1) is 9.72. The van der Waals surface area contributed by atoms with Crippen molar-refractivity contribution in [1.82, 2.24) is 9.97 Å². The molecular formula is C16H16N4. The van der Waals surface area contributed by atoms with E-state index in [0.29, 0.717) is 5.95 Å². The summed E-state index contributed by atoms with van der Waals surface area (Å²) in [5, 5.41) is 4.24. The zero-order valence-corrected chi connectivity index (χ0v) is 11.5. The molecular weight excluding hydrogens is 248 g/mol. The van der Waals surface area contributed by atoms with Gasteiger partial charge in [0.25, 0.3) is 0 Å². The van der Waals surface area contributed by atoms with Crippen LogP contribution in [0.4, 0.5) is 5.95 Å². The van der Waals surface area contributed by atoms with Crippen LogP contribution in [0.3, 0.4) is 0 Å². The average molecular weight is 264 g/mol. The van der Waals surface area contributed by atoms with E-state index in [-0.39, 0.29) is 0 Å². The van der Waals surface area contributed by atoms with Gasteiger partial charge in [-0.3, -0.25) is 0 Å². The van der Waals surface area contributed by atoms with E-state index in [1.807, 2.05) is 30.5 Å². The molecule has 2 aromatic carbocycles. The van der Waals surface area contributed by atoms with Crippen LogP contribution < -0.4 is 5.43 Å². The molecule has 3 aromatic rings. The molecule has 0 aliphatic heterocycles. The van der Waals surface area contributed by atoms with E-state index in [1.165, 1.54) is 11.1 Å². The van der Waals surface area contributed by atoms with Crippen molar-refractivity contribution in [2.24, 2.45) is 5.10 Å². The summed E-state index contributed by atoms with van der Waals surface area (Å²) in [5.41, 5.74) is 8.38. The monoisotopic (exact) mass is 264 g/mol. The van der Waals surface area contributed by atoms with E-state index < -0.39 is 0 Å². The molecule has 3 rings (SSSR count). The number of anilines is 1. The van der Waals surface area contributed by atoms with Gasteiger partial charge in [0.2, 0.25) is 5.95 Å². The molecule has 0 bridgehead atoms. The Bertz CT molecular complexity index is 738. The molecule has 20 heavy (non-hydrogen) atoms. The Morgan fingerprint density at radius 2 is 2.00 bits per heavy atom. The van der Waals surface area contributed by atoms with Gasteiger partial charge in [-0.2, -0.15) is 5.10 Å². The molecule has 0 aliphatic rings. The third kappa shape index (κ3) is 2.54. The van der Waals surface area contributed by atoms with Crippen LogP contribution in [0.25, 0.3) is 11.0 Å². The highest BCUT2D eigenvalue weighted by Crippen LogP contribution is 2.13. The number of aromatic amines is 1. The summed E-state index contributed by atoms with van der Waals surface area (Å²) in [6.07, 6.45) is 1.82. The van der Waals surface area contributed by atoms with Gasteiger partial charge in [0.05, 0.1) is 17.2 Å². The van der Waals surface area contributed by atoms with E-state index in [0.717, 1.165) is 16.6 Å². The third-order valence-corrected chi connectivity index (χ3v) is 3.20. The fourth-order valence-electron chi connectivity index (χ4n) is 2.07. The lowest BCUT2D eigenvalue weighted by Crippen LogP contribution is -1.94. The number of rotatable bonds is 3. The Morgan fingerprint density at radius 1 is 1.15 bits per heavy atom. The number of hydrazone groups is 1. The largest absolute Gasteiger partial charge is 0.323 e. The molecule has 0 aliphatic carbocycles. The summed E-state index contributed by atoms with van der Waals surface area (Å²) in [6.45, 7) is 4.14. The summed E-state index contributed by atoms with van der Waals surface area (Å²) in [4.78, 5) is 7.58. The van der Waals surface area contributed by atoms with Crippen molar-refractivity contribution >= 4 is 23.2 Å². The predicted molar refractivity (Wildman–Crippen MR) is 83.2 cm³/mol. The molecule has 100 valence electrons. The van der Waals surface area contributed by atoms with E-state index in [9.17, 15) is 0 Å². The van der Waals surface area contributed by atoms with E-state index in [4.69, 9.17) is 0 Å². The molecule has 0 saturated carbocycles. The molecule has 0 unspecified atom stereocenters. The fourth-order valence-corrected chi connectivity index (χ4v) is 2.07. The minimum absolute atomic E-state index is 0.646. The summed E-state index contributed by atoms with van der Waals surface area (Å²) in [5.74, 6) is 0.646. The van der Waals surface area contributed by atoms with Crippen molar-refractivity contribution in [3.8, 4) is 0 Å². The second-order valence-corrected chi connectivity index (χ2v) is 4.83. The molecule has 0 saturated heterocycles. The van der Waals surface area contributed by atoms with E-state index in [2.05, 4.69) is 52.5 Å². The van der Waals surface area contributed by atoms with Crippen molar-refractivity contribution < 1.29 is 0 Å². The molecule has 1 heterocycles. The number of benzene rings is 2. The number of fused-ring (bicyclic) bond motifs is 1. The summed E-state index contributed by atoms with van der Waals surface area (Å²) in [7, 11) is 0. The predicted octanol–water partition coefficient (Wildman–Crippen LogP) is 3.63. The highest BCUT2D eigenvalue weighted by Gasteiger charge is 2.00. The SMILES string of the molecule is Cc1ccc(C)c(C=NNc2nc3ccccc3[nH]2)c1. The van der Waals surface area contributed by atoms with Gasteiger partial charge in [-0.15, -0.1) is 0 Å². The van der Waals surface area contributed by atoms with Gasteiger partial charge in [0.1, 0.15) is 0 Å². The molecule has 0 amide bonds. The number of hydrogen-bond acceptors (Lipinski definition) is 3. The number of nitrogens with one attached hydrogen (secondary N) is 2. The normalized spacial score (nSPS) is 11.3. The Morgan fingerprint density at radius 3 is 2.85 bits per heavy atom. The molecule has 0 atom stereocenters.